The molecular weight excluding hydrogens is 272 g/mol. The molecule has 18 heavy (non-hydrogen) atoms. The number of carbonyl (C=O) groups excluding carboxylic acids is 1. The zero-order valence-electron chi connectivity index (χ0n) is 9.96. The first-order valence-electron chi connectivity index (χ1n) is 5.98. The van der Waals surface area contributed by atoms with E-state index in [1.54, 1.807) is 11.3 Å². The summed E-state index contributed by atoms with van der Waals surface area (Å²) in [6.07, 6.45) is 1.74. The zero-order chi connectivity index (χ0) is 12.7. The Morgan fingerprint density at radius 3 is 3.28 bits per heavy atom. The van der Waals surface area contributed by atoms with Crippen molar-refractivity contribution < 1.29 is 9.53 Å². The third-order valence-corrected chi connectivity index (χ3v) is 4.80. The minimum absolute atomic E-state index is 0.146. The highest BCUT2D eigenvalue weighted by Gasteiger charge is 2.37. The smallest absolute Gasteiger partial charge is 0.313 e. The lowest BCUT2D eigenvalue weighted by molar-refractivity contribution is -0.144. The number of nitrogens with zero attached hydrogens (tertiary/aromatic N) is 1. The molecule has 96 valence electrons. The summed E-state index contributed by atoms with van der Waals surface area (Å²) in [6.45, 7) is 2.75. The van der Waals surface area contributed by atoms with Crippen molar-refractivity contribution in [1.29, 1.82) is 0 Å². The van der Waals surface area contributed by atoms with Crippen LogP contribution in [0.4, 0.5) is 5.00 Å². The van der Waals surface area contributed by atoms with E-state index in [2.05, 4.69) is 10.3 Å². The van der Waals surface area contributed by atoms with Gasteiger partial charge in [-0.05, 0) is 25.3 Å². The Labute approximate surface area is 114 Å². The van der Waals surface area contributed by atoms with Crippen LogP contribution in [-0.2, 0) is 16.0 Å². The molecule has 1 atom stereocenters. The van der Waals surface area contributed by atoms with Gasteiger partial charge in [0.05, 0.1) is 18.1 Å². The Hall–Kier alpha value is -1.07. The number of carbonyl (C=O) groups is 1. The second kappa shape index (κ2) is 4.55. The maximum Gasteiger partial charge on any atom is 0.313 e. The fourth-order valence-electron chi connectivity index (χ4n) is 2.53. The molecule has 1 aromatic rings. The largest absolute Gasteiger partial charge is 0.466 e. The van der Waals surface area contributed by atoms with Gasteiger partial charge in [-0.2, -0.15) is 0 Å². The van der Waals surface area contributed by atoms with Gasteiger partial charge in [-0.1, -0.05) is 11.6 Å². The maximum atomic E-state index is 12.0. The van der Waals surface area contributed by atoms with Gasteiger partial charge in [0.15, 0.2) is 0 Å². The van der Waals surface area contributed by atoms with Crippen molar-refractivity contribution in [2.24, 2.45) is 4.99 Å². The molecule has 0 aromatic carbocycles. The van der Waals surface area contributed by atoms with Gasteiger partial charge in [-0.25, -0.2) is 0 Å². The Kier molecular flexibility index (Phi) is 3.03. The molecule has 2 heterocycles. The van der Waals surface area contributed by atoms with Crippen LogP contribution >= 0.6 is 22.9 Å². The second-order valence-corrected chi connectivity index (χ2v) is 5.73. The lowest BCUT2D eigenvalue weighted by Gasteiger charge is -2.15. The van der Waals surface area contributed by atoms with E-state index in [-0.39, 0.29) is 11.9 Å². The van der Waals surface area contributed by atoms with E-state index in [1.807, 2.05) is 6.92 Å². The Morgan fingerprint density at radius 2 is 2.50 bits per heavy atom. The summed E-state index contributed by atoms with van der Waals surface area (Å²) in [6, 6.07) is 0. The average molecular weight is 285 g/mol. The van der Waals surface area contributed by atoms with Gasteiger partial charge in [0.2, 0.25) is 0 Å². The minimum atomic E-state index is -0.177. The topological polar surface area (TPSA) is 50.7 Å². The summed E-state index contributed by atoms with van der Waals surface area (Å²) in [5.41, 5.74) is 1.95. The van der Waals surface area contributed by atoms with Crippen molar-refractivity contribution in [1.82, 2.24) is 0 Å². The van der Waals surface area contributed by atoms with Crippen LogP contribution in [0.5, 0.6) is 0 Å². The van der Waals surface area contributed by atoms with E-state index < -0.39 is 0 Å². The molecule has 6 heteroatoms. The third-order valence-electron chi connectivity index (χ3n) is 3.27. The van der Waals surface area contributed by atoms with Gasteiger partial charge in [-0.3, -0.25) is 9.79 Å². The number of hydrogen-bond donors (Lipinski definition) is 1. The number of nitrogens with one attached hydrogen (secondary N) is 1. The predicted octanol–water partition coefficient (Wildman–Crippen LogP) is 2.71. The van der Waals surface area contributed by atoms with Crippen LogP contribution in [0.25, 0.3) is 0 Å². The molecule has 0 saturated carbocycles. The number of halogens is 1. The summed E-state index contributed by atoms with van der Waals surface area (Å²) < 4.78 is 5.14. The molecule has 1 unspecified atom stereocenters. The lowest BCUT2D eigenvalue weighted by atomic mass is 9.99. The van der Waals surface area contributed by atoms with Gasteiger partial charge in [0, 0.05) is 4.88 Å². The molecule has 0 amide bonds. The van der Waals surface area contributed by atoms with Gasteiger partial charge < -0.3 is 10.1 Å². The normalized spacial score (nSPS) is 20.8. The summed E-state index contributed by atoms with van der Waals surface area (Å²) in [7, 11) is 0. The summed E-state index contributed by atoms with van der Waals surface area (Å²) >= 11 is 7.87. The van der Waals surface area contributed by atoms with Gasteiger partial charge >= 0.3 is 5.97 Å². The van der Waals surface area contributed by atoms with E-state index in [0.717, 1.165) is 29.0 Å². The fourth-order valence-corrected chi connectivity index (χ4v) is 4.11. The van der Waals surface area contributed by atoms with Crippen LogP contribution in [0.1, 0.15) is 35.3 Å². The van der Waals surface area contributed by atoms with Gasteiger partial charge in [0.25, 0.3) is 0 Å². The minimum Gasteiger partial charge on any atom is -0.466 e. The SMILES string of the molecule is CCOC(=O)C1CCc2sc3c(c21)C(Cl)=NCN3. The van der Waals surface area contributed by atoms with Gasteiger partial charge in [0.1, 0.15) is 16.8 Å². The first kappa shape index (κ1) is 12.0. The van der Waals surface area contributed by atoms with Crippen LogP contribution in [0.15, 0.2) is 4.99 Å². The highest BCUT2D eigenvalue weighted by Crippen LogP contribution is 2.47. The first-order chi connectivity index (χ1) is 8.72. The molecule has 0 fully saturated rings. The fraction of sp³-hybridized carbons (Fsp3) is 0.500. The summed E-state index contributed by atoms with van der Waals surface area (Å²) in [5.74, 6) is -0.323. The predicted molar refractivity (Wildman–Crippen MR) is 72.9 cm³/mol. The number of esters is 1. The van der Waals surface area contributed by atoms with Crippen LogP contribution < -0.4 is 5.32 Å². The van der Waals surface area contributed by atoms with Crippen molar-refractivity contribution in [3.8, 4) is 0 Å². The van der Waals surface area contributed by atoms with Crippen molar-refractivity contribution >= 4 is 39.1 Å². The van der Waals surface area contributed by atoms with Crippen molar-refractivity contribution in [2.75, 3.05) is 18.6 Å². The number of thiophene rings is 1. The number of anilines is 1. The maximum absolute atomic E-state index is 12.0. The molecule has 0 spiro atoms. The van der Waals surface area contributed by atoms with Crippen molar-refractivity contribution in [3.05, 3.63) is 16.0 Å². The van der Waals surface area contributed by atoms with Crippen LogP contribution in [0.3, 0.4) is 0 Å². The van der Waals surface area contributed by atoms with Crippen molar-refractivity contribution in [3.63, 3.8) is 0 Å². The number of hydrogen-bond acceptors (Lipinski definition) is 5. The molecule has 2 aliphatic rings. The lowest BCUT2D eigenvalue weighted by Crippen LogP contribution is -2.17. The summed E-state index contributed by atoms with van der Waals surface area (Å²) in [5, 5.41) is 4.76. The Balaban J connectivity index is 2.03. The van der Waals surface area contributed by atoms with E-state index >= 15 is 0 Å². The van der Waals surface area contributed by atoms with Crippen LogP contribution in [0, 0.1) is 0 Å². The second-order valence-electron chi connectivity index (χ2n) is 4.27. The highest BCUT2D eigenvalue weighted by atomic mass is 35.5. The number of fused-ring (bicyclic) bond motifs is 3. The number of aliphatic imine (C=N–C) groups is 1. The number of rotatable bonds is 2. The molecular formula is C12H13ClN2O2S. The molecule has 3 rings (SSSR count). The molecule has 1 aliphatic heterocycles. The third kappa shape index (κ3) is 1.73. The Bertz CT molecular complexity index is 538. The van der Waals surface area contributed by atoms with E-state index in [1.165, 1.54) is 4.88 Å². The van der Waals surface area contributed by atoms with Crippen LogP contribution in [0.2, 0.25) is 0 Å². The quantitative estimate of drug-likeness (QED) is 0.850. The van der Waals surface area contributed by atoms with E-state index in [4.69, 9.17) is 16.3 Å². The monoisotopic (exact) mass is 284 g/mol. The Morgan fingerprint density at radius 1 is 1.67 bits per heavy atom. The first-order valence-corrected chi connectivity index (χ1v) is 7.18. The molecule has 0 saturated heterocycles. The molecule has 0 bridgehead atoms. The number of aryl methyl sites for hydroxylation is 1. The summed E-state index contributed by atoms with van der Waals surface area (Å²) in [4.78, 5) is 17.4. The average Bonchev–Trinajstić information content (AvgIpc) is 2.87. The zero-order valence-corrected chi connectivity index (χ0v) is 11.5. The van der Waals surface area contributed by atoms with E-state index in [0.29, 0.717) is 18.4 Å². The van der Waals surface area contributed by atoms with Gasteiger partial charge in [-0.15, -0.1) is 11.3 Å². The molecule has 0 radical (unpaired) electrons. The van der Waals surface area contributed by atoms with E-state index in [9.17, 15) is 4.79 Å². The van der Waals surface area contributed by atoms with Crippen LogP contribution in [-0.4, -0.2) is 24.4 Å². The molecule has 4 nitrogen and oxygen atoms in total. The molecule has 1 N–H and O–H groups in total. The highest BCUT2D eigenvalue weighted by molar-refractivity contribution is 7.17. The van der Waals surface area contributed by atoms with Crippen molar-refractivity contribution in [2.45, 2.75) is 25.7 Å². The molecule has 1 aromatic heterocycles. The standard InChI is InChI=1S/C12H13ClN2O2S/c1-2-17-12(16)6-3-4-7-8(6)9-10(13)14-5-15-11(9)18-7/h6,15H,2-5H2,1H3. The number of ether oxygens (including phenoxy) is 1. The molecule has 1 aliphatic carbocycles.